The summed E-state index contributed by atoms with van der Waals surface area (Å²) in [6, 6.07) is 13.1. The Hall–Kier alpha value is -1.34. The molecule has 0 spiro atoms. The molecule has 0 aromatic heterocycles. The average Bonchev–Trinajstić information content (AvgIpc) is 2.77. The molecule has 0 amide bonds. The zero-order valence-corrected chi connectivity index (χ0v) is 12.2. The summed E-state index contributed by atoms with van der Waals surface area (Å²) in [5, 5.41) is 0. The van der Waals surface area contributed by atoms with Crippen molar-refractivity contribution < 1.29 is 0 Å². The number of halogens is 1. The van der Waals surface area contributed by atoms with E-state index in [1.807, 2.05) is 0 Å². The molecule has 2 aromatic carbocycles. The fourth-order valence-electron chi connectivity index (χ4n) is 2.68. The zero-order chi connectivity index (χ0) is 12.7. The van der Waals surface area contributed by atoms with Crippen molar-refractivity contribution in [3.8, 4) is 0 Å². The van der Waals surface area contributed by atoms with Crippen LogP contribution in [0.1, 0.15) is 33.7 Å². The number of hydrogen-bond donors (Lipinski definition) is 0. The summed E-state index contributed by atoms with van der Waals surface area (Å²) in [7, 11) is 0. The summed E-state index contributed by atoms with van der Waals surface area (Å²) < 4.78 is 1.20. The number of allylic oxidation sites excluding steroid dienone is 1. The van der Waals surface area contributed by atoms with Crippen molar-refractivity contribution in [1.29, 1.82) is 0 Å². The van der Waals surface area contributed by atoms with Gasteiger partial charge in [-0.3, -0.25) is 0 Å². The minimum absolute atomic E-state index is 0.400. The molecule has 3 rings (SSSR count). The predicted octanol–water partition coefficient (Wildman–Crippen LogP) is 5.22. The molecule has 0 heterocycles. The van der Waals surface area contributed by atoms with E-state index < -0.39 is 0 Å². The van der Waals surface area contributed by atoms with Crippen LogP contribution >= 0.6 is 15.9 Å². The van der Waals surface area contributed by atoms with Crippen molar-refractivity contribution in [3.05, 3.63) is 74.8 Å². The van der Waals surface area contributed by atoms with Crippen LogP contribution in [0.2, 0.25) is 0 Å². The summed E-state index contributed by atoms with van der Waals surface area (Å²) in [6.45, 7) is 4.34. The molecular formula is C17H15Br. The second kappa shape index (κ2) is 4.40. The summed E-state index contributed by atoms with van der Waals surface area (Å²) >= 11 is 3.66. The first-order chi connectivity index (χ1) is 8.66. The van der Waals surface area contributed by atoms with Crippen molar-refractivity contribution in [2.75, 3.05) is 0 Å². The molecule has 0 saturated heterocycles. The van der Waals surface area contributed by atoms with Gasteiger partial charge < -0.3 is 0 Å². The van der Waals surface area contributed by atoms with E-state index in [2.05, 4.69) is 78.3 Å². The Morgan fingerprint density at radius 3 is 2.61 bits per heavy atom. The molecule has 0 bridgehead atoms. The molecule has 0 aliphatic heterocycles. The van der Waals surface area contributed by atoms with E-state index in [4.69, 9.17) is 0 Å². The van der Waals surface area contributed by atoms with Gasteiger partial charge in [0, 0.05) is 10.4 Å². The molecular weight excluding hydrogens is 284 g/mol. The number of fused-ring (bicyclic) bond motifs is 1. The van der Waals surface area contributed by atoms with Crippen LogP contribution in [0.4, 0.5) is 0 Å². The molecule has 1 aliphatic rings. The molecule has 0 fully saturated rings. The maximum absolute atomic E-state index is 3.66. The van der Waals surface area contributed by atoms with E-state index in [1.54, 1.807) is 0 Å². The Bertz CT molecular complexity index is 638. The maximum Gasteiger partial charge on any atom is 0.0281 e. The lowest BCUT2D eigenvalue weighted by atomic mass is 9.89. The molecule has 1 atom stereocenters. The van der Waals surface area contributed by atoms with Crippen molar-refractivity contribution in [2.24, 2.45) is 0 Å². The topological polar surface area (TPSA) is 0 Å². The number of hydrogen-bond acceptors (Lipinski definition) is 0. The average molecular weight is 299 g/mol. The van der Waals surface area contributed by atoms with Gasteiger partial charge in [0.15, 0.2) is 0 Å². The predicted molar refractivity (Wildman–Crippen MR) is 80.9 cm³/mol. The first-order valence-corrected chi connectivity index (χ1v) is 7.00. The summed E-state index contributed by atoms with van der Waals surface area (Å²) in [5.41, 5.74) is 6.81. The van der Waals surface area contributed by atoms with E-state index in [0.29, 0.717) is 5.92 Å². The fraction of sp³-hybridized carbons (Fsp3) is 0.176. The lowest BCUT2D eigenvalue weighted by Crippen LogP contribution is -2.00. The first-order valence-electron chi connectivity index (χ1n) is 6.20. The van der Waals surface area contributed by atoms with Crippen LogP contribution in [0.3, 0.4) is 0 Å². The molecule has 90 valence electrons. The maximum atomic E-state index is 3.66. The highest BCUT2D eigenvalue weighted by atomic mass is 79.9. The Morgan fingerprint density at radius 1 is 1.00 bits per heavy atom. The molecule has 1 unspecified atom stereocenters. The van der Waals surface area contributed by atoms with Crippen LogP contribution in [0.15, 0.2) is 46.9 Å². The van der Waals surface area contributed by atoms with Gasteiger partial charge in [-0.05, 0) is 47.7 Å². The highest BCUT2D eigenvalue weighted by Gasteiger charge is 2.20. The Balaban J connectivity index is 2.16. The molecule has 0 nitrogen and oxygen atoms in total. The van der Waals surface area contributed by atoms with Gasteiger partial charge in [-0.2, -0.15) is 0 Å². The lowest BCUT2D eigenvalue weighted by molar-refractivity contribution is 1.02. The van der Waals surface area contributed by atoms with Gasteiger partial charge >= 0.3 is 0 Å². The fourth-order valence-corrected chi connectivity index (χ4v) is 3.27. The number of benzene rings is 2. The van der Waals surface area contributed by atoms with Crippen LogP contribution in [0.5, 0.6) is 0 Å². The Morgan fingerprint density at radius 2 is 1.78 bits per heavy atom. The second-order valence-electron chi connectivity index (χ2n) is 4.93. The van der Waals surface area contributed by atoms with Gasteiger partial charge in [-0.15, -0.1) is 0 Å². The third kappa shape index (κ3) is 1.83. The van der Waals surface area contributed by atoms with Crippen LogP contribution in [0.25, 0.3) is 6.08 Å². The largest absolute Gasteiger partial charge is 0.0720 e. The van der Waals surface area contributed by atoms with Gasteiger partial charge in [-0.25, -0.2) is 0 Å². The van der Waals surface area contributed by atoms with E-state index in [1.165, 1.54) is 32.3 Å². The van der Waals surface area contributed by atoms with Gasteiger partial charge in [0.1, 0.15) is 0 Å². The third-order valence-electron chi connectivity index (χ3n) is 3.66. The Labute approximate surface area is 116 Å². The third-order valence-corrected chi connectivity index (χ3v) is 4.49. The highest BCUT2D eigenvalue weighted by Crippen LogP contribution is 2.38. The van der Waals surface area contributed by atoms with Crippen molar-refractivity contribution in [3.63, 3.8) is 0 Å². The van der Waals surface area contributed by atoms with Crippen molar-refractivity contribution in [1.82, 2.24) is 0 Å². The first kappa shape index (κ1) is 11.7. The summed E-state index contributed by atoms with van der Waals surface area (Å²) in [5.74, 6) is 0.400. The minimum Gasteiger partial charge on any atom is -0.0720 e. The van der Waals surface area contributed by atoms with E-state index >= 15 is 0 Å². The van der Waals surface area contributed by atoms with Crippen LogP contribution in [-0.2, 0) is 0 Å². The van der Waals surface area contributed by atoms with Crippen LogP contribution in [-0.4, -0.2) is 0 Å². The highest BCUT2D eigenvalue weighted by molar-refractivity contribution is 9.10. The zero-order valence-electron chi connectivity index (χ0n) is 10.6. The van der Waals surface area contributed by atoms with E-state index in [0.717, 1.165) is 0 Å². The monoisotopic (exact) mass is 298 g/mol. The standard InChI is InChI=1S/C17H15Br/c1-11-9-16(12(2)17(18)10-11)15-8-7-13-5-3-4-6-14(13)15/h3-10,15H,1-2H3. The molecule has 18 heavy (non-hydrogen) atoms. The molecule has 0 radical (unpaired) electrons. The van der Waals surface area contributed by atoms with Crippen LogP contribution in [0, 0.1) is 13.8 Å². The Kier molecular flexibility index (Phi) is 2.87. The smallest absolute Gasteiger partial charge is 0.0281 e. The number of rotatable bonds is 1. The minimum atomic E-state index is 0.400. The van der Waals surface area contributed by atoms with Gasteiger partial charge in [-0.1, -0.05) is 58.4 Å². The summed E-state index contributed by atoms with van der Waals surface area (Å²) in [4.78, 5) is 0. The lowest BCUT2D eigenvalue weighted by Gasteiger charge is -2.16. The van der Waals surface area contributed by atoms with E-state index in [9.17, 15) is 0 Å². The van der Waals surface area contributed by atoms with Gasteiger partial charge in [0.05, 0.1) is 0 Å². The molecule has 1 heteroatoms. The molecule has 2 aromatic rings. The van der Waals surface area contributed by atoms with Gasteiger partial charge in [0.2, 0.25) is 0 Å². The van der Waals surface area contributed by atoms with Crippen molar-refractivity contribution in [2.45, 2.75) is 19.8 Å². The quantitative estimate of drug-likeness (QED) is 0.677. The normalized spacial score (nSPS) is 16.9. The molecule has 0 saturated carbocycles. The summed E-state index contributed by atoms with van der Waals surface area (Å²) in [6.07, 6.45) is 4.54. The van der Waals surface area contributed by atoms with E-state index in [-0.39, 0.29) is 0 Å². The van der Waals surface area contributed by atoms with Gasteiger partial charge in [0.25, 0.3) is 0 Å². The number of aryl methyl sites for hydroxylation is 1. The molecule has 0 N–H and O–H groups in total. The second-order valence-corrected chi connectivity index (χ2v) is 5.78. The van der Waals surface area contributed by atoms with Crippen molar-refractivity contribution >= 4 is 22.0 Å². The SMILES string of the molecule is Cc1cc(Br)c(C)c(C2C=Cc3ccccc32)c1. The van der Waals surface area contributed by atoms with Crippen LogP contribution < -0.4 is 0 Å². The molecule has 1 aliphatic carbocycles.